The van der Waals surface area contributed by atoms with Crippen LogP contribution in [0, 0.1) is 0 Å². The number of aliphatic hydroxyl groups excluding tert-OH is 1. The number of rotatable bonds is 5. The molecule has 1 aromatic heterocycles. The van der Waals surface area contributed by atoms with Gasteiger partial charge in [0.15, 0.2) is 9.84 Å². The number of pyridine rings is 1. The smallest absolute Gasteiger partial charge is 0.217 e. The lowest BCUT2D eigenvalue weighted by Gasteiger charge is -2.35. The standard InChI is InChI=1S/C13H20N2O4S/c1-19-13-11(3-2-5-14-13)9-15-6-8-20(17,18)10-12(15)4-7-16/h2-3,5,12,16H,4,6-10H2,1H3. The molecule has 1 atom stereocenters. The highest BCUT2D eigenvalue weighted by atomic mass is 32.2. The second kappa shape index (κ2) is 6.51. The Morgan fingerprint density at radius 3 is 3.05 bits per heavy atom. The molecule has 0 saturated carbocycles. The number of ether oxygens (including phenoxy) is 1. The molecule has 0 aromatic carbocycles. The summed E-state index contributed by atoms with van der Waals surface area (Å²) >= 11 is 0. The average Bonchev–Trinajstić information content (AvgIpc) is 2.42. The quantitative estimate of drug-likeness (QED) is 0.829. The monoisotopic (exact) mass is 300 g/mol. The third kappa shape index (κ3) is 3.68. The van der Waals surface area contributed by atoms with Gasteiger partial charge in [-0.3, -0.25) is 4.90 Å². The van der Waals surface area contributed by atoms with Crippen LogP contribution in [0.4, 0.5) is 0 Å². The predicted molar refractivity (Wildman–Crippen MR) is 75.3 cm³/mol. The van der Waals surface area contributed by atoms with Gasteiger partial charge in [0.05, 0.1) is 18.6 Å². The molecule has 20 heavy (non-hydrogen) atoms. The van der Waals surface area contributed by atoms with E-state index in [1.165, 1.54) is 0 Å². The Morgan fingerprint density at radius 2 is 2.35 bits per heavy atom. The van der Waals surface area contributed by atoms with Crippen LogP contribution >= 0.6 is 0 Å². The summed E-state index contributed by atoms with van der Waals surface area (Å²) in [7, 11) is -1.43. The minimum Gasteiger partial charge on any atom is -0.481 e. The van der Waals surface area contributed by atoms with Gasteiger partial charge in [0, 0.05) is 37.5 Å². The van der Waals surface area contributed by atoms with Gasteiger partial charge in [-0.2, -0.15) is 0 Å². The van der Waals surface area contributed by atoms with Crippen LogP contribution in [-0.2, 0) is 16.4 Å². The van der Waals surface area contributed by atoms with E-state index in [0.717, 1.165) is 5.56 Å². The van der Waals surface area contributed by atoms with Crippen molar-refractivity contribution in [3.05, 3.63) is 23.9 Å². The van der Waals surface area contributed by atoms with Gasteiger partial charge in [0.1, 0.15) is 0 Å². The highest BCUT2D eigenvalue weighted by Crippen LogP contribution is 2.21. The summed E-state index contributed by atoms with van der Waals surface area (Å²) in [5.74, 6) is 0.830. The SMILES string of the molecule is COc1ncccc1CN1CCS(=O)(=O)CC1CCO. The summed E-state index contributed by atoms with van der Waals surface area (Å²) in [5, 5.41) is 9.11. The first-order valence-corrected chi connectivity index (χ1v) is 8.41. The largest absolute Gasteiger partial charge is 0.481 e. The van der Waals surface area contributed by atoms with Crippen molar-refractivity contribution in [2.24, 2.45) is 0 Å². The van der Waals surface area contributed by atoms with Crippen molar-refractivity contribution < 1.29 is 18.3 Å². The maximum atomic E-state index is 11.7. The summed E-state index contributed by atoms with van der Waals surface area (Å²) < 4.78 is 28.6. The van der Waals surface area contributed by atoms with Crippen molar-refractivity contribution in [2.45, 2.75) is 19.0 Å². The lowest BCUT2D eigenvalue weighted by molar-refractivity contribution is 0.162. The number of aliphatic hydroxyl groups is 1. The van der Waals surface area contributed by atoms with Gasteiger partial charge in [-0.1, -0.05) is 6.07 Å². The van der Waals surface area contributed by atoms with Crippen LogP contribution in [0.15, 0.2) is 18.3 Å². The fourth-order valence-corrected chi connectivity index (χ4v) is 4.13. The van der Waals surface area contributed by atoms with Gasteiger partial charge in [-0.05, 0) is 12.5 Å². The third-order valence-corrected chi connectivity index (χ3v) is 5.23. The number of aromatic nitrogens is 1. The van der Waals surface area contributed by atoms with Gasteiger partial charge in [-0.15, -0.1) is 0 Å². The molecule has 2 heterocycles. The number of hydrogen-bond acceptors (Lipinski definition) is 6. The third-order valence-electron chi connectivity index (χ3n) is 3.53. The summed E-state index contributed by atoms with van der Waals surface area (Å²) in [4.78, 5) is 6.23. The zero-order chi connectivity index (χ0) is 14.6. The van der Waals surface area contributed by atoms with Gasteiger partial charge in [-0.25, -0.2) is 13.4 Å². The molecular weight excluding hydrogens is 280 g/mol. The van der Waals surface area contributed by atoms with Crippen molar-refractivity contribution in [1.29, 1.82) is 0 Å². The van der Waals surface area contributed by atoms with Crippen molar-refractivity contribution in [3.8, 4) is 5.88 Å². The summed E-state index contributed by atoms with van der Waals surface area (Å²) in [6.07, 6.45) is 2.12. The van der Waals surface area contributed by atoms with E-state index in [9.17, 15) is 8.42 Å². The van der Waals surface area contributed by atoms with E-state index in [1.54, 1.807) is 13.3 Å². The number of sulfone groups is 1. The highest BCUT2D eigenvalue weighted by molar-refractivity contribution is 7.91. The fraction of sp³-hybridized carbons (Fsp3) is 0.615. The Kier molecular flexibility index (Phi) is 4.95. The summed E-state index contributed by atoms with van der Waals surface area (Å²) in [6.45, 7) is 1.04. The molecule has 0 radical (unpaired) electrons. The van der Waals surface area contributed by atoms with Gasteiger partial charge in [0.2, 0.25) is 5.88 Å². The molecule has 1 aliphatic rings. The Balaban J connectivity index is 2.14. The summed E-state index contributed by atoms with van der Waals surface area (Å²) in [5.41, 5.74) is 0.928. The first kappa shape index (κ1) is 15.2. The minimum atomic E-state index is -2.99. The molecule has 1 aromatic rings. The molecule has 0 bridgehead atoms. The molecule has 0 aliphatic carbocycles. The van der Waals surface area contributed by atoms with E-state index in [1.807, 2.05) is 12.1 Å². The Bertz CT molecular complexity index is 547. The first-order chi connectivity index (χ1) is 9.55. The molecule has 1 unspecified atom stereocenters. The molecule has 1 saturated heterocycles. The van der Waals surface area contributed by atoms with Crippen LogP contribution in [0.3, 0.4) is 0 Å². The maximum Gasteiger partial charge on any atom is 0.217 e. The normalized spacial score (nSPS) is 22.6. The van der Waals surface area contributed by atoms with Crippen LogP contribution < -0.4 is 4.74 Å². The zero-order valence-electron chi connectivity index (χ0n) is 11.5. The van der Waals surface area contributed by atoms with Crippen LogP contribution in [0.1, 0.15) is 12.0 Å². The molecule has 112 valence electrons. The fourth-order valence-electron chi connectivity index (χ4n) is 2.49. The van der Waals surface area contributed by atoms with Crippen LogP contribution in [-0.4, -0.2) is 61.2 Å². The number of hydrogen-bond donors (Lipinski definition) is 1. The van der Waals surface area contributed by atoms with Crippen LogP contribution in [0.2, 0.25) is 0 Å². The highest BCUT2D eigenvalue weighted by Gasteiger charge is 2.31. The summed E-state index contributed by atoms with van der Waals surface area (Å²) in [6, 6.07) is 3.61. The molecule has 1 fully saturated rings. The van der Waals surface area contributed by atoms with E-state index < -0.39 is 9.84 Å². The van der Waals surface area contributed by atoms with Gasteiger partial charge >= 0.3 is 0 Å². The predicted octanol–water partition coefficient (Wildman–Crippen LogP) is 0.0716. The number of nitrogens with zero attached hydrogens (tertiary/aromatic N) is 2. The Hall–Kier alpha value is -1.18. The topological polar surface area (TPSA) is 79.7 Å². The Morgan fingerprint density at radius 1 is 1.55 bits per heavy atom. The Labute approximate surface area is 119 Å². The molecule has 6 nitrogen and oxygen atoms in total. The molecule has 1 aliphatic heterocycles. The van der Waals surface area contributed by atoms with Gasteiger partial charge in [0.25, 0.3) is 0 Å². The average molecular weight is 300 g/mol. The van der Waals surface area contributed by atoms with E-state index in [4.69, 9.17) is 9.84 Å². The van der Waals surface area contributed by atoms with E-state index >= 15 is 0 Å². The zero-order valence-corrected chi connectivity index (χ0v) is 12.3. The van der Waals surface area contributed by atoms with Crippen molar-refractivity contribution in [1.82, 2.24) is 9.88 Å². The van der Waals surface area contributed by atoms with Crippen LogP contribution in [0.5, 0.6) is 5.88 Å². The van der Waals surface area contributed by atoms with Crippen LogP contribution in [0.25, 0.3) is 0 Å². The van der Waals surface area contributed by atoms with Crippen molar-refractivity contribution in [2.75, 3.05) is 31.8 Å². The molecule has 0 spiro atoms. The molecular formula is C13H20N2O4S. The van der Waals surface area contributed by atoms with Gasteiger partial charge < -0.3 is 9.84 Å². The first-order valence-electron chi connectivity index (χ1n) is 6.59. The molecule has 2 rings (SSSR count). The van der Waals surface area contributed by atoms with E-state index in [2.05, 4.69) is 9.88 Å². The van der Waals surface area contributed by atoms with E-state index in [0.29, 0.717) is 25.4 Å². The lowest BCUT2D eigenvalue weighted by Crippen LogP contribution is -2.48. The number of methoxy groups -OCH3 is 1. The minimum absolute atomic E-state index is 0.0130. The molecule has 7 heteroatoms. The molecule has 0 amide bonds. The lowest BCUT2D eigenvalue weighted by atomic mass is 10.1. The van der Waals surface area contributed by atoms with E-state index in [-0.39, 0.29) is 24.2 Å². The second-order valence-corrected chi connectivity index (χ2v) is 7.15. The second-order valence-electron chi connectivity index (χ2n) is 4.92. The van der Waals surface area contributed by atoms with Crippen molar-refractivity contribution in [3.63, 3.8) is 0 Å². The van der Waals surface area contributed by atoms with Crippen molar-refractivity contribution >= 4 is 9.84 Å². The molecule has 1 N–H and O–H groups in total. The maximum absolute atomic E-state index is 11.7.